The van der Waals surface area contributed by atoms with Gasteiger partial charge >= 0.3 is 5.97 Å². The molecule has 0 spiro atoms. The molecule has 3 aromatic rings. The number of aromatic nitrogens is 3. The number of aryl methyl sites for hydroxylation is 2. The summed E-state index contributed by atoms with van der Waals surface area (Å²) >= 11 is 2.96. The normalized spacial score (nSPS) is 17.5. The van der Waals surface area contributed by atoms with Crippen molar-refractivity contribution >= 4 is 49.8 Å². The molecule has 0 bridgehead atoms. The van der Waals surface area contributed by atoms with E-state index in [-0.39, 0.29) is 18.7 Å². The topological polar surface area (TPSA) is 103 Å². The van der Waals surface area contributed by atoms with Crippen LogP contribution in [-0.4, -0.2) is 33.5 Å². The Morgan fingerprint density at radius 2 is 1.97 bits per heavy atom. The van der Waals surface area contributed by atoms with Gasteiger partial charge in [0.05, 0.1) is 17.6 Å². The van der Waals surface area contributed by atoms with E-state index in [0.29, 0.717) is 26.7 Å². The summed E-state index contributed by atoms with van der Waals surface area (Å²) in [7, 11) is 0. The average molecular weight is 487 g/mol. The van der Waals surface area contributed by atoms with E-state index in [1.807, 2.05) is 0 Å². The number of carbonyl (C=O) groups is 2. The Morgan fingerprint density at radius 3 is 2.79 bits per heavy atom. The molecule has 1 amide bonds. The maximum atomic E-state index is 13.1. The van der Waals surface area contributed by atoms with Crippen molar-refractivity contribution in [3.8, 4) is 0 Å². The molecular formula is C23H26N4O4S2. The standard InChI is InChI=1S/C23H26N4O4S2/c1-3-31-23(30)19-14-9-8-12(2)10-16(14)33-20(19)24-17(28)11-27-22(29)18-13-6-4-5-7-15(13)32-21(18)25-26-27/h12H,3-11H2,1-2H3,(H,24,28)/t12-/m1/s1. The maximum absolute atomic E-state index is 13.1. The minimum absolute atomic E-state index is 0.256. The molecule has 3 aromatic heterocycles. The number of esters is 1. The molecule has 0 unspecified atom stereocenters. The molecule has 2 aliphatic rings. The van der Waals surface area contributed by atoms with Crippen molar-refractivity contribution in [3.63, 3.8) is 0 Å². The summed E-state index contributed by atoms with van der Waals surface area (Å²) in [5, 5.41) is 12.2. The lowest BCUT2D eigenvalue weighted by atomic mass is 9.88. The molecule has 0 aromatic carbocycles. The highest BCUT2D eigenvalue weighted by Crippen LogP contribution is 2.40. The van der Waals surface area contributed by atoms with Crippen molar-refractivity contribution < 1.29 is 14.3 Å². The SMILES string of the molecule is CCOC(=O)c1c(NC(=O)Cn2nnc3sc4c(c3c2=O)CCCC4)sc2c1CC[C@@H](C)C2. The third kappa shape index (κ3) is 4.10. The molecule has 0 aliphatic heterocycles. The van der Waals surface area contributed by atoms with E-state index in [4.69, 9.17) is 4.74 Å². The number of nitrogens with zero attached hydrogens (tertiary/aromatic N) is 3. The van der Waals surface area contributed by atoms with Gasteiger partial charge in [0, 0.05) is 9.75 Å². The number of thiophene rings is 2. The molecular weight excluding hydrogens is 460 g/mol. The molecule has 2 aliphatic carbocycles. The molecule has 0 saturated carbocycles. The molecule has 5 rings (SSSR count). The van der Waals surface area contributed by atoms with Crippen LogP contribution in [-0.2, 0) is 41.8 Å². The zero-order valence-corrected chi connectivity index (χ0v) is 20.4. The first-order valence-corrected chi connectivity index (χ1v) is 13.1. The first kappa shape index (κ1) is 22.2. The van der Waals surface area contributed by atoms with Gasteiger partial charge in [-0.25, -0.2) is 9.48 Å². The van der Waals surface area contributed by atoms with Crippen molar-refractivity contribution in [1.29, 1.82) is 0 Å². The van der Waals surface area contributed by atoms with E-state index in [0.717, 1.165) is 65.6 Å². The van der Waals surface area contributed by atoms with E-state index in [1.165, 1.54) is 27.6 Å². The fraction of sp³-hybridized carbons (Fsp3) is 0.522. The zero-order chi connectivity index (χ0) is 23.1. The van der Waals surface area contributed by atoms with Crippen molar-refractivity contribution in [3.05, 3.63) is 36.8 Å². The van der Waals surface area contributed by atoms with E-state index >= 15 is 0 Å². The van der Waals surface area contributed by atoms with Gasteiger partial charge in [-0.15, -0.1) is 27.8 Å². The summed E-state index contributed by atoms with van der Waals surface area (Å²) < 4.78 is 6.39. The number of fused-ring (bicyclic) bond motifs is 4. The van der Waals surface area contributed by atoms with Gasteiger partial charge < -0.3 is 10.1 Å². The molecule has 174 valence electrons. The lowest BCUT2D eigenvalue weighted by Gasteiger charge is -2.18. The summed E-state index contributed by atoms with van der Waals surface area (Å²) in [6.07, 6.45) is 6.68. The smallest absolute Gasteiger partial charge is 0.341 e. The number of ether oxygens (including phenoxy) is 1. The number of amides is 1. The fourth-order valence-electron chi connectivity index (χ4n) is 4.77. The Balaban J connectivity index is 1.43. The largest absolute Gasteiger partial charge is 0.462 e. The van der Waals surface area contributed by atoms with Crippen molar-refractivity contribution in [2.45, 2.75) is 65.3 Å². The Labute approximate surface area is 199 Å². The van der Waals surface area contributed by atoms with Crippen LogP contribution in [0.2, 0.25) is 0 Å². The van der Waals surface area contributed by atoms with Gasteiger partial charge in [0.15, 0.2) is 4.83 Å². The molecule has 0 fully saturated rings. The molecule has 1 N–H and O–H groups in total. The van der Waals surface area contributed by atoms with Crippen LogP contribution in [0.3, 0.4) is 0 Å². The minimum atomic E-state index is -0.414. The Bertz CT molecular complexity index is 1310. The van der Waals surface area contributed by atoms with Crippen LogP contribution in [0.25, 0.3) is 10.2 Å². The van der Waals surface area contributed by atoms with Gasteiger partial charge in [0.25, 0.3) is 5.56 Å². The first-order chi connectivity index (χ1) is 16.0. The highest BCUT2D eigenvalue weighted by Gasteiger charge is 2.29. The van der Waals surface area contributed by atoms with Gasteiger partial charge in [-0.2, -0.15) is 0 Å². The van der Waals surface area contributed by atoms with Crippen LogP contribution >= 0.6 is 22.7 Å². The van der Waals surface area contributed by atoms with Crippen LogP contribution < -0.4 is 10.9 Å². The van der Waals surface area contributed by atoms with E-state index in [2.05, 4.69) is 22.6 Å². The molecule has 10 heteroatoms. The van der Waals surface area contributed by atoms with Crippen LogP contribution in [0.5, 0.6) is 0 Å². The van der Waals surface area contributed by atoms with Gasteiger partial charge in [0.1, 0.15) is 11.5 Å². The summed E-state index contributed by atoms with van der Waals surface area (Å²) in [6, 6.07) is 0. The first-order valence-electron chi connectivity index (χ1n) is 11.5. The minimum Gasteiger partial charge on any atom is -0.462 e. The van der Waals surface area contributed by atoms with Gasteiger partial charge in [0.2, 0.25) is 5.91 Å². The second-order valence-corrected chi connectivity index (χ2v) is 11.0. The number of carbonyl (C=O) groups excluding carboxylic acids is 2. The van der Waals surface area contributed by atoms with Gasteiger partial charge in [-0.3, -0.25) is 9.59 Å². The highest BCUT2D eigenvalue weighted by atomic mass is 32.1. The quantitative estimate of drug-likeness (QED) is 0.551. The average Bonchev–Trinajstić information content (AvgIpc) is 3.33. The summed E-state index contributed by atoms with van der Waals surface area (Å²) in [6.45, 7) is 3.97. The lowest BCUT2D eigenvalue weighted by molar-refractivity contribution is -0.117. The number of hydrogen-bond acceptors (Lipinski definition) is 8. The number of nitrogens with one attached hydrogen (secondary N) is 1. The van der Waals surface area contributed by atoms with E-state index in [9.17, 15) is 14.4 Å². The molecule has 33 heavy (non-hydrogen) atoms. The van der Waals surface area contributed by atoms with Crippen molar-refractivity contribution in [2.75, 3.05) is 11.9 Å². The monoisotopic (exact) mass is 486 g/mol. The third-order valence-corrected chi connectivity index (χ3v) is 8.73. The third-order valence-electron chi connectivity index (χ3n) is 6.38. The number of anilines is 1. The highest BCUT2D eigenvalue weighted by molar-refractivity contribution is 7.18. The summed E-state index contributed by atoms with van der Waals surface area (Å²) in [4.78, 5) is 41.7. The van der Waals surface area contributed by atoms with E-state index in [1.54, 1.807) is 6.92 Å². The van der Waals surface area contributed by atoms with Crippen LogP contribution in [0.4, 0.5) is 5.00 Å². The molecule has 1 atom stereocenters. The van der Waals surface area contributed by atoms with Gasteiger partial charge in [-0.1, -0.05) is 12.1 Å². The van der Waals surface area contributed by atoms with E-state index < -0.39 is 11.9 Å². The summed E-state index contributed by atoms with van der Waals surface area (Å²) in [5.41, 5.74) is 2.23. The molecule has 0 radical (unpaired) electrons. The van der Waals surface area contributed by atoms with Crippen LogP contribution in [0.1, 0.15) is 64.3 Å². The molecule has 8 nitrogen and oxygen atoms in total. The Hall–Kier alpha value is -2.59. The number of hydrogen-bond donors (Lipinski definition) is 1. The molecule has 0 saturated heterocycles. The van der Waals surface area contributed by atoms with Gasteiger partial charge in [-0.05, 0) is 68.9 Å². The lowest BCUT2D eigenvalue weighted by Crippen LogP contribution is -2.30. The zero-order valence-electron chi connectivity index (χ0n) is 18.7. The Kier molecular flexibility index (Phi) is 6.05. The fourth-order valence-corrected chi connectivity index (χ4v) is 7.38. The predicted octanol–water partition coefficient (Wildman–Crippen LogP) is 3.73. The second-order valence-electron chi connectivity index (χ2n) is 8.77. The maximum Gasteiger partial charge on any atom is 0.341 e. The predicted molar refractivity (Wildman–Crippen MR) is 128 cm³/mol. The summed E-state index contributed by atoms with van der Waals surface area (Å²) in [5.74, 6) is -0.290. The van der Waals surface area contributed by atoms with Crippen molar-refractivity contribution in [2.24, 2.45) is 5.92 Å². The second kappa shape index (κ2) is 8.98. The Morgan fingerprint density at radius 1 is 1.15 bits per heavy atom. The van der Waals surface area contributed by atoms with Crippen LogP contribution in [0.15, 0.2) is 4.79 Å². The van der Waals surface area contributed by atoms with Crippen molar-refractivity contribution in [1.82, 2.24) is 15.0 Å². The number of rotatable bonds is 5. The van der Waals surface area contributed by atoms with Crippen LogP contribution in [0, 0.1) is 5.92 Å². The molecule has 3 heterocycles.